The van der Waals surface area contributed by atoms with Crippen LogP contribution in [0, 0.1) is 5.82 Å². The Morgan fingerprint density at radius 1 is 1.42 bits per heavy atom. The molecular formula is C11H11ClFN3O2S. The molecule has 1 aromatic carbocycles. The normalized spacial score (nSPS) is 11.6. The van der Waals surface area contributed by atoms with E-state index in [0.717, 1.165) is 10.4 Å². The molecule has 0 aliphatic rings. The van der Waals surface area contributed by atoms with Crippen LogP contribution in [0.1, 0.15) is 0 Å². The van der Waals surface area contributed by atoms with Crippen LogP contribution < -0.4 is 4.31 Å². The summed E-state index contributed by atoms with van der Waals surface area (Å²) in [4.78, 5) is 0.0537. The number of rotatable bonds is 3. The van der Waals surface area contributed by atoms with Crippen LogP contribution in [0.4, 0.5) is 10.1 Å². The zero-order chi connectivity index (χ0) is 14.2. The molecule has 5 nitrogen and oxygen atoms in total. The lowest BCUT2D eigenvalue weighted by atomic mass is 10.3. The van der Waals surface area contributed by atoms with Gasteiger partial charge >= 0.3 is 0 Å². The van der Waals surface area contributed by atoms with Gasteiger partial charge in [-0.25, -0.2) is 12.8 Å². The molecule has 0 N–H and O–H groups in total. The molecule has 0 bridgehead atoms. The summed E-state index contributed by atoms with van der Waals surface area (Å²) in [5.74, 6) is -0.599. The van der Waals surface area contributed by atoms with E-state index in [-0.39, 0.29) is 15.6 Å². The molecule has 19 heavy (non-hydrogen) atoms. The van der Waals surface area contributed by atoms with Crippen molar-refractivity contribution >= 4 is 27.3 Å². The molecule has 0 unspecified atom stereocenters. The molecule has 0 aliphatic heterocycles. The van der Waals surface area contributed by atoms with E-state index in [1.54, 1.807) is 7.05 Å². The van der Waals surface area contributed by atoms with Crippen LogP contribution in [0.25, 0.3) is 0 Å². The Kier molecular flexibility index (Phi) is 3.51. The van der Waals surface area contributed by atoms with Gasteiger partial charge in [0.1, 0.15) is 10.7 Å². The van der Waals surface area contributed by atoms with Gasteiger partial charge in [0.15, 0.2) is 0 Å². The number of halogens is 2. The lowest BCUT2D eigenvalue weighted by molar-refractivity contribution is 0.594. The summed E-state index contributed by atoms with van der Waals surface area (Å²) in [6.45, 7) is 0. The minimum Gasteiger partial charge on any atom is -0.274 e. The lowest BCUT2D eigenvalue weighted by Crippen LogP contribution is -2.26. The summed E-state index contributed by atoms with van der Waals surface area (Å²) in [5.41, 5.74) is 0.273. The van der Waals surface area contributed by atoms with Gasteiger partial charge in [-0.15, -0.1) is 0 Å². The average Bonchev–Trinajstić information content (AvgIpc) is 2.79. The topological polar surface area (TPSA) is 55.2 Å². The molecular weight excluding hydrogens is 293 g/mol. The highest BCUT2D eigenvalue weighted by molar-refractivity contribution is 7.92. The van der Waals surface area contributed by atoms with Gasteiger partial charge in [-0.1, -0.05) is 11.6 Å². The number of aryl methyl sites for hydroxylation is 1. The third kappa shape index (κ3) is 2.57. The maximum absolute atomic E-state index is 13.1. The Hall–Kier alpha value is -1.60. The first kappa shape index (κ1) is 13.8. The molecule has 1 aromatic heterocycles. The molecule has 0 saturated heterocycles. The van der Waals surface area contributed by atoms with Crippen LogP contribution in [-0.4, -0.2) is 25.2 Å². The molecule has 0 atom stereocenters. The molecule has 1 heterocycles. The molecule has 0 fully saturated rings. The van der Waals surface area contributed by atoms with Crippen molar-refractivity contribution in [2.75, 3.05) is 11.4 Å². The number of hydrogen-bond acceptors (Lipinski definition) is 3. The number of hydrogen-bond donors (Lipinski definition) is 0. The van der Waals surface area contributed by atoms with Crippen LogP contribution >= 0.6 is 11.6 Å². The van der Waals surface area contributed by atoms with Crippen molar-refractivity contribution in [3.63, 3.8) is 0 Å². The third-order valence-electron chi connectivity index (χ3n) is 2.61. The predicted octanol–water partition coefficient (Wildman–Crippen LogP) is 2.04. The fourth-order valence-electron chi connectivity index (χ4n) is 1.51. The van der Waals surface area contributed by atoms with Gasteiger partial charge in [-0.3, -0.25) is 8.99 Å². The number of sulfonamides is 1. The van der Waals surface area contributed by atoms with E-state index in [1.807, 2.05) is 0 Å². The quantitative estimate of drug-likeness (QED) is 0.872. The van der Waals surface area contributed by atoms with Crippen molar-refractivity contribution in [1.29, 1.82) is 0 Å². The van der Waals surface area contributed by atoms with Crippen LogP contribution in [0.3, 0.4) is 0 Å². The lowest BCUT2D eigenvalue weighted by Gasteiger charge is -2.18. The van der Waals surface area contributed by atoms with E-state index in [2.05, 4.69) is 5.10 Å². The second kappa shape index (κ2) is 4.82. The Labute approximate surface area is 115 Å². The van der Waals surface area contributed by atoms with Gasteiger partial charge in [0.05, 0.1) is 16.9 Å². The first-order valence-electron chi connectivity index (χ1n) is 5.25. The van der Waals surface area contributed by atoms with E-state index in [4.69, 9.17) is 11.6 Å². The molecule has 8 heteroatoms. The minimum absolute atomic E-state index is 0.0537. The highest BCUT2D eigenvalue weighted by Crippen LogP contribution is 2.26. The van der Waals surface area contributed by atoms with Crippen molar-refractivity contribution in [2.24, 2.45) is 7.05 Å². The second-order valence-electron chi connectivity index (χ2n) is 3.92. The van der Waals surface area contributed by atoms with Crippen LogP contribution in [-0.2, 0) is 17.1 Å². The fourth-order valence-corrected chi connectivity index (χ4v) is 2.86. The van der Waals surface area contributed by atoms with Crippen LogP contribution in [0.15, 0.2) is 35.5 Å². The molecule has 0 saturated carbocycles. The van der Waals surface area contributed by atoms with Gasteiger partial charge in [0.2, 0.25) is 0 Å². The van der Waals surface area contributed by atoms with Crippen molar-refractivity contribution in [1.82, 2.24) is 9.78 Å². The summed E-state index contributed by atoms with van der Waals surface area (Å²) in [6.07, 6.45) is 2.63. The first-order valence-corrected chi connectivity index (χ1v) is 7.07. The highest BCUT2D eigenvalue weighted by atomic mass is 35.5. The maximum Gasteiger partial charge on any atom is 0.267 e. The van der Waals surface area contributed by atoms with E-state index < -0.39 is 15.8 Å². The summed E-state index contributed by atoms with van der Waals surface area (Å²) >= 11 is 5.65. The molecule has 0 amide bonds. The molecule has 2 aromatic rings. The zero-order valence-electron chi connectivity index (χ0n) is 10.2. The Morgan fingerprint density at radius 3 is 2.63 bits per heavy atom. The minimum atomic E-state index is -3.73. The van der Waals surface area contributed by atoms with E-state index >= 15 is 0 Å². The Morgan fingerprint density at radius 2 is 2.11 bits per heavy atom. The average molecular weight is 304 g/mol. The molecule has 0 aliphatic carbocycles. The molecule has 102 valence electrons. The number of benzene rings is 1. The summed E-state index contributed by atoms with van der Waals surface area (Å²) in [6, 6.07) is 3.72. The smallest absolute Gasteiger partial charge is 0.267 e. The van der Waals surface area contributed by atoms with Crippen molar-refractivity contribution < 1.29 is 12.8 Å². The van der Waals surface area contributed by atoms with Crippen molar-refractivity contribution in [2.45, 2.75) is 4.90 Å². The van der Waals surface area contributed by atoms with E-state index in [1.165, 1.54) is 36.3 Å². The predicted molar refractivity (Wildman–Crippen MR) is 70.2 cm³/mol. The highest BCUT2D eigenvalue weighted by Gasteiger charge is 2.23. The summed E-state index contributed by atoms with van der Waals surface area (Å²) in [5, 5.41) is 3.68. The van der Waals surface area contributed by atoms with Gasteiger partial charge in [0, 0.05) is 20.3 Å². The Balaban J connectivity index is 2.43. The standard InChI is InChI=1S/C11H11ClFN3O2S/c1-15-7-9(6-14-15)19(17,18)16(2)8-3-4-11(13)10(12)5-8/h3-7H,1-2H3. The Bertz CT molecular complexity index is 714. The molecule has 0 radical (unpaired) electrons. The third-order valence-corrected chi connectivity index (χ3v) is 4.63. The van der Waals surface area contributed by atoms with Gasteiger partial charge in [-0.2, -0.15) is 5.10 Å². The van der Waals surface area contributed by atoms with E-state index in [0.29, 0.717) is 0 Å². The monoisotopic (exact) mass is 303 g/mol. The molecule has 0 spiro atoms. The van der Waals surface area contributed by atoms with Gasteiger partial charge in [-0.05, 0) is 18.2 Å². The molecule has 2 rings (SSSR count). The van der Waals surface area contributed by atoms with Gasteiger partial charge in [0.25, 0.3) is 10.0 Å². The number of anilines is 1. The van der Waals surface area contributed by atoms with Crippen molar-refractivity contribution in [3.8, 4) is 0 Å². The first-order chi connectivity index (χ1) is 8.82. The number of aromatic nitrogens is 2. The van der Waals surface area contributed by atoms with E-state index in [9.17, 15) is 12.8 Å². The van der Waals surface area contributed by atoms with Gasteiger partial charge < -0.3 is 0 Å². The largest absolute Gasteiger partial charge is 0.274 e. The second-order valence-corrected chi connectivity index (χ2v) is 6.30. The fraction of sp³-hybridized carbons (Fsp3) is 0.182. The zero-order valence-corrected chi connectivity index (χ0v) is 11.8. The van der Waals surface area contributed by atoms with Crippen LogP contribution in [0.2, 0.25) is 5.02 Å². The van der Waals surface area contributed by atoms with Crippen LogP contribution in [0.5, 0.6) is 0 Å². The summed E-state index contributed by atoms with van der Waals surface area (Å²) in [7, 11) is -0.746. The SMILES string of the molecule is CN(c1ccc(F)c(Cl)c1)S(=O)(=O)c1cnn(C)c1. The van der Waals surface area contributed by atoms with Crippen molar-refractivity contribution in [3.05, 3.63) is 41.4 Å². The summed E-state index contributed by atoms with van der Waals surface area (Å²) < 4.78 is 40.0. The number of nitrogens with zero attached hydrogens (tertiary/aromatic N) is 3. The maximum atomic E-state index is 13.1.